The van der Waals surface area contributed by atoms with Gasteiger partial charge in [0.05, 0.1) is 6.04 Å². The predicted molar refractivity (Wildman–Crippen MR) is 55.7 cm³/mol. The van der Waals surface area contributed by atoms with Crippen LogP contribution in [0.3, 0.4) is 0 Å². The molecule has 2 rings (SSSR count). The van der Waals surface area contributed by atoms with Crippen LogP contribution in [0.15, 0.2) is 24.3 Å². The SMILES string of the molecule is Cc1ccccc1[C@H]1COC(=O)N1.Cl. The fourth-order valence-corrected chi connectivity index (χ4v) is 1.53. The first-order valence-electron chi connectivity index (χ1n) is 4.26. The van der Waals surface area contributed by atoms with Crippen LogP contribution >= 0.6 is 12.4 Å². The molecular weight excluding hydrogens is 202 g/mol. The van der Waals surface area contributed by atoms with Gasteiger partial charge in [0.1, 0.15) is 6.61 Å². The first-order valence-corrected chi connectivity index (χ1v) is 4.26. The van der Waals surface area contributed by atoms with Crippen LogP contribution in [0.2, 0.25) is 0 Å². The van der Waals surface area contributed by atoms with E-state index in [1.54, 1.807) is 0 Å². The summed E-state index contributed by atoms with van der Waals surface area (Å²) in [5, 5.41) is 2.75. The van der Waals surface area contributed by atoms with E-state index in [1.807, 2.05) is 31.2 Å². The van der Waals surface area contributed by atoms with Gasteiger partial charge in [0.25, 0.3) is 0 Å². The minimum absolute atomic E-state index is 0. The Kier molecular flexibility index (Phi) is 3.36. The molecule has 1 N–H and O–H groups in total. The predicted octanol–water partition coefficient (Wildman–Crippen LogP) is 2.20. The summed E-state index contributed by atoms with van der Waals surface area (Å²) >= 11 is 0. The molecule has 0 aliphatic carbocycles. The average molecular weight is 214 g/mol. The van der Waals surface area contributed by atoms with Gasteiger partial charge in [0.2, 0.25) is 0 Å². The molecular formula is C10H12ClNO2. The molecule has 1 atom stereocenters. The van der Waals surface area contributed by atoms with E-state index in [0.29, 0.717) is 6.61 Å². The Bertz CT molecular complexity index is 341. The highest BCUT2D eigenvalue weighted by atomic mass is 35.5. The van der Waals surface area contributed by atoms with Gasteiger partial charge in [-0.15, -0.1) is 12.4 Å². The van der Waals surface area contributed by atoms with Crippen molar-refractivity contribution in [3.05, 3.63) is 35.4 Å². The zero-order valence-corrected chi connectivity index (χ0v) is 8.64. The van der Waals surface area contributed by atoms with Crippen molar-refractivity contribution in [3.8, 4) is 0 Å². The van der Waals surface area contributed by atoms with Gasteiger partial charge in [-0.1, -0.05) is 24.3 Å². The summed E-state index contributed by atoms with van der Waals surface area (Å²) in [6.07, 6.45) is -0.326. The normalized spacial score (nSPS) is 19.5. The quantitative estimate of drug-likeness (QED) is 0.777. The molecule has 1 amide bonds. The number of alkyl carbamates (subject to hydrolysis) is 1. The molecule has 1 aromatic rings. The minimum atomic E-state index is -0.326. The van der Waals surface area contributed by atoms with E-state index < -0.39 is 0 Å². The van der Waals surface area contributed by atoms with Crippen molar-refractivity contribution < 1.29 is 9.53 Å². The summed E-state index contributed by atoms with van der Waals surface area (Å²) in [4.78, 5) is 10.8. The largest absolute Gasteiger partial charge is 0.447 e. The number of cyclic esters (lactones) is 1. The number of rotatable bonds is 1. The fourth-order valence-electron chi connectivity index (χ4n) is 1.53. The first kappa shape index (κ1) is 10.9. The molecule has 76 valence electrons. The van der Waals surface area contributed by atoms with Gasteiger partial charge in [-0.25, -0.2) is 4.79 Å². The van der Waals surface area contributed by atoms with Crippen LogP contribution in [0.1, 0.15) is 17.2 Å². The molecule has 1 heterocycles. The van der Waals surface area contributed by atoms with E-state index in [4.69, 9.17) is 4.74 Å². The molecule has 0 spiro atoms. The highest BCUT2D eigenvalue weighted by Crippen LogP contribution is 2.20. The number of hydrogen-bond acceptors (Lipinski definition) is 2. The van der Waals surface area contributed by atoms with Crippen molar-refractivity contribution in [1.82, 2.24) is 5.32 Å². The maximum Gasteiger partial charge on any atom is 0.407 e. The van der Waals surface area contributed by atoms with Gasteiger partial charge in [-0.2, -0.15) is 0 Å². The molecule has 1 aliphatic heterocycles. The van der Waals surface area contributed by atoms with Crippen molar-refractivity contribution in [2.24, 2.45) is 0 Å². The third kappa shape index (κ3) is 1.99. The molecule has 0 radical (unpaired) electrons. The number of carbonyl (C=O) groups excluding carboxylic acids is 1. The summed E-state index contributed by atoms with van der Waals surface area (Å²) in [5.41, 5.74) is 2.31. The summed E-state index contributed by atoms with van der Waals surface area (Å²) < 4.78 is 4.82. The molecule has 1 aliphatic rings. The second-order valence-electron chi connectivity index (χ2n) is 3.15. The van der Waals surface area contributed by atoms with E-state index in [1.165, 1.54) is 5.56 Å². The Balaban J connectivity index is 0.000000980. The Labute approximate surface area is 88.9 Å². The molecule has 3 nitrogen and oxygen atoms in total. The Morgan fingerprint density at radius 3 is 2.71 bits per heavy atom. The number of halogens is 1. The van der Waals surface area contributed by atoms with Gasteiger partial charge < -0.3 is 10.1 Å². The molecule has 1 saturated heterocycles. The zero-order chi connectivity index (χ0) is 9.26. The van der Waals surface area contributed by atoms with Gasteiger partial charge in [0.15, 0.2) is 0 Å². The Hall–Kier alpha value is -1.22. The van der Waals surface area contributed by atoms with Crippen LogP contribution in [-0.2, 0) is 4.74 Å². The Morgan fingerprint density at radius 1 is 1.43 bits per heavy atom. The van der Waals surface area contributed by atoms with Crippen molar-refractivity contribution in [3.63, 3.8) is 0 Å². The minimum Gasteiger partial charge on any atom is -0.447 e. The molecule has 0 aromatic heterocycles. The number of carbonyl (C=O) groups is 1. The van der Waals surface area contributed by atoms with E-state index in [-0.39, 0.29) is 24.5 Å². The van der Waals surface area contributed by atoms with Gasteiger partial charge in [-0.3, -0.25) is 0 Å². The topological polar surface area (TPSA) is 38.3 Å². The van der Waals surface area contributed by atoms with Crippen molar-refractivity contribution >= 4 is 18.5 Å². The third-order valence-electron chi connectivity index (χ3n) is 2.24. The van der Waals surface area contributed by atoms with E-state index in [0.717, 1.165) is 5.56 Å². The van der Waals surface area contributed by atoms with E-state index in [9.17, 15) is 4.79 Å². The van der Waals surface area contributed by atoms with Crippen molar-refractivity contribution in [2.75, 3.05) is 6.61 Å². The molecule has 0 saturated carbocycles. The highest BCUT2D eigenvalue weighted by Gasteiger charge is 2.24. The number of nitrogens with one attached hydrogen (secondary N) is 1. The maximum absolute atomic E-state index is 10.8. The van der Waals surface area contributed by atoms with E-state index >= 15 is 0 Å². The smallest absolute Gasteiger partial charge is 0.407 e. The zero-order valence-electron chi connectivity index (χ0n) is 7.82. The lowest BCUT2D eigenvalue weighted by Crippen LogP contribution is -2.18. The molecule has 14 heavy (non-hydrogen) atoms. The average Bonchev–Trinajstić information content (AvgIpc) is 2.53. The summed E-state index contributed by atoms with van der Waals surface area (Å²) in [7, 11) is 0. The lowest BCUT2D eigenvalue weighted by molar-refractivity contribution is 0.177. The lowest BCUT2D eigenvalue weighted by Gasteiger charge is -2.09. The number of amides is 1. The number of hydrogen-bond donors (Lipinski definition) is 1. The summed E-state index contributed by atoms with van der Waals surface area (Å²) in [6, 6.07) is 8.01. The Morgan fingerprint density at radius 2 is 2.14 bits per heavy atom. The van der Waals surface area contributed by atoms with E-state index in [2.05, 4.69) is 5.32 Å². The van der Waals surface area contributed by atoms with Crippen LogP contribution in [0.4, 0.5) is 4.79 Å². The third-order valence-corrected chi connectivity index (χ3v) is 2.24. The second kappa shape index (κ2) is 4.33. The van der Waals surface area contributed by atoms with Gasteiger partial charge in [-0.05, 0) is 18.1 Å². The molecule has 0 unspecified atom stereocenters. The van der Waals surface area contributed by atoms with Crippen LogP contribution in [0.5, 0.6) is 0 Å². The number of aryl methyl sites for hydroxylation is 1. The van der Waals surface area contributed by atoms with Crippen molar-refractivity contribution in [1.29, 1.82) is 0 Å². The van der Waals surface area contributed by atoms with Gasteiger partial charge >= 0.3 is 6.09 Å². The maximum atomic E-state index is 10.8. The molecule has 0 bridgehead atoms. The van der Waals surface area contributed by atoms with Crippen LogP contribution in [0.25, 0.3) is 0 Å². The first-order chi connectivity index (χ1) is 6.27. The van der Waals surface area contributed by atoms with Crippen LogP contribution < -0.4 is 5.32 Å². The number of benzene rings is 1. The van der Waals surface area contributed by atoms with Crippen LogP contribution in [-0.4, -0.2) is 12.7 Å². The molecule has 4 heteroatoms. The fraction of sp³-hybridized carbons (Fsp3) is 0.300. The van der Waals surface area contributed by atoms with Gasteiger partial charge in [0, 0.05) is 0 Å². The van der Waals surface area contributed by atoms with Crippen molar-refractivity contribution in [2.45, 2.75) is 13.0 Å². The highest BCUT2D eigenvalue weighted by molar-refractivity contribution is 5.85. The lowest BCUT2D eigenvalue weighted by atomic mass is 10.0. The van der Waals surface area contributed by atoms with Crippen LogP contribution in [0, 0.1) is 6.92 Å². The number of ether oxygens (including phenoxy) is 1. The summed E-state index contributed by atoms with van der Waals surface area (Å²) in [5.74, 6) is 0. The monoisotopic (exact) mass is 213 g/mol. The standard InChI is InChI=1S/C10H11NO2.ClH/c1-7-4-2-3-5-8(7)9-6-13-10(12)11-9;/h2-5,9H,6H2,1H3,(H,11,12);1H/t9-;/m1./s1. The summed E-state index contributed by atoms with van der Waals surface area (Å²) in [6.45, 7) is 2.46. The molecule has 1 aromatic carbocycles. The second-order valence-corrected chi connectivity index (χ2v) is 3.15. The molecule has 1 fully saturated rings.